The van der Waals surface area contributed by atoms with Gasteiger partial charge in [-0.15, -0.1) is 0 Å². The summed E-state index contributed by atoms with van der Waals surface area (Å²) >= 11 is 0. The Balaban J connectivity index is 1.49. The van der Waals surface area contributed by atoms with Crippen molar-refractivity contribution in [2.45, 2.75) is 12.8 Å². The highest BCUT2D eigenvalue weighted by atomic mass is 16.7. The van der Waals surface area contributed by atoms with Gasteiger partial charge in [-0.2, -0.15) is 0 Å². The lowest BCUT2D eigenvalue weighted by molar-refractivity contribution is -0.130. The molecule has 0 spiro atoms. The van der Waals surface area contributed by atoms with Crippen LogP contribution in [0.15, 0.2) is 60.2 Å². The zero-order chi connectivity index (χ0) is 32.6. The fourth-order valence-corrected chi connectivity index (χ4v) is 5.62. The number of aliphatic carboxylic acids is 1. The number of ether oxygens (including phenoxy) is 6. The number of allylic oxidation sites excluding steroid dienone is 1. The van der Waals surface area contributed by atoms with Crippen molar-refractivity contribution in [2.75, 3.05) is 74.5 Å². The van der Waals surface area contributed by atoms with Crippen molar-refractivity contribution in [2.24, 2.45) is 0 Å². The Kier molecular flexibility index (Phi) is 10.7. The average molecular weight is 633 g/mol. The minimum atomic E-state index is -1.25. The lowest BCUT2D eigenvalue weighted by Gasteiger charge is -2.32. The molecule has 1 saturated heterocycles. The van der Waals surface area contributed by atoms with E-state index in [4.69, 9.17) is 28.4 Å². The minimum absolute atomic E-state index is 0.0288. The van der Waals surface area contributed by atoms with Gasteiger partial charge in [-0.3, -0.25) is 4.79 Å². The zero-order valence-electron chi connectivity index (χ0n) is 26.7. The van der Waals surface area contributed by atoms with Crippen molar-refractivity contribution in [1.82, 2.24) is 9.80 Å². The molecule has 0 aromatic heterocycles. The van der Waals surface area contributed by atoms with Gasteiger partial charge in [0.05, 0.1) is 33.5 Å². The number of methoxy groups -OCH3 is 3. The minimum Gasteiger partial charge on any atom is -0.497 e. The van der Waals surface area contributed by atoms with Gasteiger partial charge in [0.25, 0.3) is 0 Å². The molecule has 3 aromatic carbocycles. The zero-order valence-corrected chi connectivity index (χ0v) is 26.7. The fraction of sp³-hybridized carbons (Fsp3) is 0.371. The molecule has 5 rings (SSSR count). The molecule has 2 aliphatic heterocycles. The summed E-state index contributed by atoms with van der Waals surface area (Å²) in [5.74, 6) is 1.07. The highest BCUT2D eigenvalue weighted by molar-refractivity contribution is 6.26. The molecule has 3 aromatic rings. The van der Waals surface area contributed by atoms with Crippen molar-refractivity contribution in [3.8, 4) is 34.5 Å². The molecule has 0 aliphatic carbocycles. The third-order valence-electron chi connectivity index (χ3n) is 8.16. The van der Waals surface area contributed by atoms with Crippen molar-refractivity contribution in [3.05, 3.63) is 76.9 Å². The number of Topliss-reactive ketones (excluding diaryl/α,β-unsaturated/α-hetero) is 1. The fourth-order valence-electron chi connectivity index (χ4n) is 5.62. The van der Waals surface area contributed by atoms with Crippen molar-refractivity contribution >= 4 is 17.3 Å². The van der Waals surface area contributed by atoms with E-state index in [0.29, 0.717) is 57.8 Å². The van der Waals surface area contributed by atoms with E-state index in [1.165, 1.54) is 21.3 Å². The predicted octanol–water partition coefficient (Wildman–Crippen LogP) is 4.42. The third kappa shape index (κ3) is 7.55. The van der Waals surface area contributed by atoms with Gasteiger partial charge in [-0.25, -0.2) is 4.79 Å². The number of hydrogen-bond acceptors (Lipinski definition) is 10. The van der Waals surface area contributed by atoms with E-state index in [9.17, 15) is 14.7 Å². The van der Waals surface area contributed by atoms with Crippen LogP contribution in [0, 0.1) is 0 Å². The molecule has 0 bridgehead atoms. The van der Waals surface area contributed by atoms with Crippen LogP contribution in [-0.2, 0) is 11.2 Å². The number of fused-ring (bicyclic) bond motifs is 1. The lowest BCUT2D eigenvalue weighted by atomic mass is 9.89. The molecule has 0 amide bonds. The monoisotopic (exact) mass is 632 g/mol. The number of piperazine rings is 1. The standard InChI is InChI=1S/C35H40N2O9/c1-36-13-15-37(16-14-36)12-5-17-44-31-20-23(19-30(42-3)34(31)43-4)18-27(33(38)24-6-9-26(41-2)10-7-24)32(35(39)40)25-8-11-28-29(21-25)46-22-45-28/h6-11,19-21H,5,12-18,22H2,1-4H3,(H,39,40)/b32-27+. The first-order valence-corrected chi connectivity index (χ1v) is 15.1. The first-order chi connectivity index (χ1) is 22.3. The van der Waals surface area contributed by atoms with Gasteiger partial charge in [0.2, 0.25) is 12.5 Å². The second-order valence-electron chi connectivity index (χ2n) is 11.1. The maximum absolute atomic E-state index is 14.1. The maximum atomic E-state index is 14.1. The molecule has 0 radical (unpaired) electrons. The van der Waals surface area contributed by atoms with Crippen LogP contribution in [0.3, 0.4) is 0 Å². The molecule has 2 heterocycles. The Morgan fingerprint density at radius 3 is 2.20 bits per heavy atom. The van der Waals surface area contributed by atoms with Crippen LogP contribution < -0.4 is 28.4 Å². The number of nitrogens with zero attached hydrogens (tertiary/aromatic N) is 2. The number of benzene rings is 3. The van der Waals surface area contributed by atoms with Crippen LogP contribution in [0.25, 0.3) is 5.57 Å². The van der Waals surface area contributed by atoms with E-state index in [-0.39, 0.29) is 24.4 Å². The summed E-state index contributed by atoms with van der Waals surface area (Å²) in [7, 11) is 6.73. The van der Waals surface area contributed by atoms with Gasteiger partial charge in [0.1, 0.15) is 5.75 Å². The van der Waals surface area contributed by atoms with E-state index in [0.717, 1.165) is 39.1 Å². The molecule has 1 N–H and O–H groups in total. The number of hydrogen-bond donors (Lipinski definition) is 1. The topological polar surface area (TPSA) is 116 Å². The highest BCUT2D eigenvalue weighted by Gasteiger charge is 2.27. The smallest absolute Gasteiger partial charge is 0.336 e. The predicted molar refractivity (Wildman–Crippen MR) is 172 cm³/mol. The van der Waals surface area contributed by atoms with Crippen molar-refractivity contribution < 1.29 is 43.1 Å². The van der Waals surface area contributed by atoms with Crippen LogP contribution in [-0.4, -0.2) is 101 Å². The molecular formula is C35H40N2O9. The molecular weight excluding hydrogens is 592 g/mol. The Morgan fingerprint density at radius 1 is 0.826 bits per heavy atom. The second-order valence-corrected chi connectivity index (χ2v) is 11.1. The second kappa shape index (κ2) is 15.0. The van der Waals surface area contributed by atoms with Crippen LogP contribution in [0.1, 0.15) is 27.9 Å². The molecule has 46 heavy (non-hydrogen) atoms. The number of rotatable bonds is 14. The van der Waals surface area contributed by atoms with Gasteiger partial charge in [0, 0.05) is 50.3 Å². The molecule has 0 saturated carbocycles. The van der Waals surface area contributed by atoms with Crippen LogP contribution in [0.5, 0.6) is 34.5 Å². The van der Waals surface area contributed by atoms with E-state index < -0.39 is 11.8 Å². The third-order valence-corrected chi connectivity index (χ3v) is 8.16. The quantitative estimate of drug-likeness (QED) is 0.155. The summed E-state index contributed by atoms with van der Waals surface area (Å²) in [5.41, 5.74) is 1.17. The van der Waals surface area contributed by atoms with Crippen LogP contribution in [0.2, 0.25) is 0 Å². The molecule has 11 nitrogen and oxygen atoms in total. The van der Waals surface area contributed by atoms with Crippen molar-refractivity contribution in [3.63, 3.8) is 0 Å². The Bertz CT molecular complexity index is 1580. The Labute approximate surface area is 268 Å². The lowest BCUT2D eigenvalue weighted by Crippen LogP contribution is -2.44. The van der Waals surface area contributed by atoms with Crippen LogP contribution >= 0.6 is 0 Å². The molecule has 0 atom stereocenters. The number of carboxylic acid groups (broad SMARTS) is 1. The van der Waals surface area contributed by atoms with Gasteiger partial charge >= 0.3 is 5.97 Å². The SMILES string of the molecule is COc1ccc(C(=O)/C(Cc2cc(OC)c(OC)c(OCCCN3CCN(C)CC3)c2)=C(/C(=O)O)c2ccc3c(c2)OCO3)cc1. The van der Waals surface area contributed by atoms with Gasteiger partial charge in [-0.1, -0.05) is 6.07 Å². The number of carbonyl (C=O) groups is 2. The highest BCUT2D eigenvalue weighted by Crippen LogP contribution is 2.41. The summed E-state index contributed by atoms with van der Waals surface area (Å²) in [6.07, 6.45) is 0.784. The summed E-state index contributed by atoms with van der Waals surface area (Å²) in [4.78, 5) is 31.8. The summed E-state index contributed by atoms with van der Waals surface area (Å²) in [6, 6.07) is 14.9. The molecule has 2 aliphatic rings. The van der Waals surface area contributed by atoms with E-state index in [2.05, 4.69) is 16.8 Å². The molecule has 11 heteroatoms. The Morgan fingerprint density at radius 2 is 1.52 bits per heavy atom. The number of likely N-dealkylation sites (N-methyl/N-ethyl adjacent to an activating group) is 1. The summed E-state index contributed by atoms with van der Waals surface area (Å²) in [6.45, 7) is 5.53. The average Bonchev–Trinajstić information content (AvgIpc) is 3.54. The number of carbonyl (C=O) groups excluding carboxylic acids is 1. The summed E-state index contributed by atoms with van der Waals surface area (Å²) < 4.78 is 33.7. The van der Waals surface area contributed by atoms with Crippen LogP contribution in [0.4, 0.5) is 0 Å². The number of carboxylic acids is 1. The Hall–Kier alpha value is -4.74. The summed E-state index contributed by atoms with van der Waals surface area (Å²) in [5, 5.41) is 10.5. The largest absolute Gasteiger partial charge is 0.497 e. The number of ketones is 1. The molecule has 1 fully saturated rings. The van der Waals surface area contributed by atoms with E-state index in [1.807, 2.05) is 0 Å². The van der Waals surface area contributed by atoms with E-state index in [1.54, 1.807) is 54.6 Å². The van der Waals surface area contributed by atoms with E-state index >= 15 is 0 Å². The first-order valence-electron chi connectivity index (χ1n) is 15.1. The maximum Gasteiger partial charge on any atom is 0.336 e. The van der Waals surface area contributed by atoms with Crippen molar-refractivity contribution in [1.29, 1.82) is 0 Å². The first kappa shape index (κ1) is 32.6. The van der Waals surface area contributed by atoms with Gasteiger partial charge in [0.15, 0.2) is 28.8 Å². The van der Waals surface area contributed by atoms with Gasteiger partial charge < -0.3 is 43.3 Å². The normalized spacial score (nSPS) is 15.2. The molecule has 0 unspecified atom stereocenters. The molecule has 244 valence electrons. The van der Waals surface area contributed by atoms with Gasteiger partial charge in [-0.05, 0) is 73.1 Å².